The Hall–Kier alpha value is -5.11. The number of nitrogens with zero attached hydrogens (tertiary/aromatic N) is 2. The van der Waals surface area contributed by atoms with Gasteiger partial charge in [0.05, 0.1) is 19.1 Å². The summed E-state index contributed by atoms with van der Waals surface area (Å²) in [6.45, 7) is 6.70. The van der Waals surface area contributed by atoms with Crippen LogP contribution in [0.2, 0.25) is 0 Å². The summed E-state index contributed by atoms with van der Waals surface area (Å²) in [7, 11) is 1.68. The molecule has 1 fully saturated rings. The Morgan fingerprint density at radius 2 is 1.78 bits per heavy atom. The van der Waals surface area contributed by atoms with E-state index in [1.165, 1.54) is 11.1 Å². The predicted octanol–water partition coefficient (Wildman–Crippen LogP) is 7.51. The molecule has 0 bridgehead atoms. The second-order valence-electron chi connectivity index (χ2n) is 12.7. The van der Waals surface area contributed by atoms with Crippen molar-refractivity contribution in [2.45, 2.75) is 64.1 Å². The molecule has 49 heavy (non-hydrogen) atoms. The third-order valence-electron chi connectivity index (χ3n) is 9.42. The number of para-hydroxylation sites is 1. The van der Waals surface area contributed by atoms with E-state index in [4.69, 9.17) is 9.72 Å². The van der Waals surface area contributed by atoms with Gasteiger partial charge in [0, 0.05) is 42.8 Å². The van der Waals surface area contributed by atoms with Gasteiger partial charge in [0.15, 0.2) is 0 Å². The molecule has 0 radical (unpaired) electrons. The maximum atomic E-state index is 13.5. The minimum absolute atomic E-state index is 0.00244. The molecule has 8 nitrogen and oxygen atoms in total. The molecule has 1 aliphatic carbocycles. The van der Waals surface area contributed by atoms with E-state index in [1.807, 2.05) is 73.9 Å². The van der Waals surface area contributed by atoms with Gasteiger partial charge >= 0.3 is 0 Å². The molecule has 2 amide bonds. The maximum Gasteiger partial charge on any atom is 0.251 e. The fourth-order valence-electron chi connectivity index (χ4n) is 6.84. The molecule has 1 aromatic heterocycles. The highest BCUT2D eigenvalue weighted by Crippen LogP contribution is 2.38. The number of hydrogen-bond acceptors (Lipinski definition) is 5. The van der Waals surface area contributed by atoms with Crippen LogP contribution in [0.3, 0.4) is 0 Å². The Morgan fingerprint density at radius 1 is 1.02 bits per heavy atom. The van der Waals surface area contributed by atoms with Crippen LogP contribution in [-0.4, -0.2) is 41.1 Å². The van der Waals surface area contributed by atoms with Crippen molar-refractivity contribution < 1.29 is 14.3 Å². The van der Waals surface area contributed by atoms with Crippen LogP contribution in [-0.2, 0) is 17.8 Å². The van der Waals surface area contributed by atoms with E-state index >= 15 is 0 Å². The zero-order chi connectivity index (χ0) is 34.4. The van der Waals surface area contributed by atoms with Gasteiger partial charge in [0.1, 0.15) is 11.6 Å². The van der Waals surface area contributed by atoms with E-state index in [2.05, 4.69) is 63.5 Å². The van der Waals surface area contributed by atoms with Gasteiger partial charge in [-0.15, -0.1) is 0 Å². The molecule has 4 aromatic rings. The first kappa shape index (κ1) is 35.2. The molecule has 0 spiro atoms. The second-order valence-corrected chi connectivity index (χ2v) is 12.7. The van der Waals surface area contributed by atoms with Gasteiger partial charge in [-0.25, -0.2) is 4.98 Å². The molecule has 8 heteroatoms. The number of carbonyl (C=O) groups excluding carboxylic acids is 2. The quantitative estimate of drug-likeness (QED) is 0.145. The van der Waals surface area contributed by atoms with Gasteiger partial charge < -0.3 is 25.3 Å². The molecule has 1 aliphatic heterocycles. The lowest BCUT2D eigenvalue weighted by molar-refractivity contribution is -0.126. The van der Waals surface area contributed by atoms with Crippen LogP contribution in [0, 0.1) is 11.8 Å². The van der Waals surface area contributed by atoms with Crippen LogP contribution in [0.5, 0.6) is 5.75 Å². The highest BCUT2D eigenvalue weighted by Gasteiger charge is 2.34. The van der Waals surface area contributed by atoms with Crippen LogP contribution in [0.15, 0.2) is 116 Å². The number of rotatable bonds is 11. The molecule has 256 valence electrons. The van der Waals surface area contributed by atoms with E-state index in [9.17, 15) is 9.59 Å². The molecular weight excluding hydrogens is 610 g/mol. The molecule has 6 rings (SSSR count). The standard InChI is InChI=1S/C36H41N5O3.C5H8/c1-44-29-17-15-25(16-18-29)24-41-22-21-37-34(41)33-28(23-27-11-5-7-13-31(27)39-33)19-20-38-36(43)30-12-6-8-14-32(30)40-35(42)26-9-3-2-4-10-26;1-3-5-4-2/h2-5,7,9-11,13,15-18,21-22,28,30,32-33,39H,6,8,12,14,19-20,23-24H2,1H3,(H,38,43)(H,40,42);3-5H,1H2,2H3/b;5-4-/t28-,30-,32+,33+;/m0./s1. The summed E-state index contributed by atoms with van der Waals surface area (Å²) in [6.07, 6.45) is 14.8. The lowest BCUT2D eigenvalue weighted by Gasteiger charge is -2.35. The first-order valence-electron chi connectivity index (χ1n) is 17.4. The van der Waals surface area contributed by atoms with Crippen molar-refractivity contribution in [1.29, 1.82) is 0 Å². The van der Waals surface area contributed by atoms with E-state index < -0.39 is 0 Å². The number of ether oxygens (including phenoxy) is 1. The second kappa shape index (κ2) is 17.9. The highest BCUT2D eigenvalue weighted by atomic mass is 16.5. The average Bonchev–Trinajstić information content (AvgIpc) is 3.60. The van der Waals surface area contributed by atoms with E-state index in [1.54, 1.807) is 13.2 Å². The van der Waals surface area contributed by atoms with E-state index in [0.717, 1.165) is 55.8 Å². The minimum Gasteiger partial charge on any atom is -0.497 e. The van der Waals surface area contributed by atoms with Crippen molar-refractivity contribution in [3.05, 3.63) is 139 Å². The van der Waals surface area contributed by atoms with Crippen molar-refractivity contribution in [3.8, 4) is 5.75 Å². The summed E-state index contributed by atoms with van der Waals surface area (Å²) < 4.78 is 7.54. The van der Waals surface area contributed by atoms with Crippen LogP contribution >= 0.6 is 0 Å². The number of amides is 2. The van der Waals surface area contributed by atoms with Crippen molar-refractivity contribution in [1.82, 2.24) is 20.2 Å². The molecular formula is C41H49N5O3. The number of allylic oxidation sites excluding steroid dienone is 3. The van der Waals surface area contributed by atoms with Crippen molar-refractivity contribution in [2.75, 3.05) is 19.0 Å². The van der Waals surface area contributed by atoms with Gasteiger partial charge in [0.2, 0.25) is 5.91 Å². The third-order valence-corrected chi connectivity index (χ3v) is 9.42. The predicted molar refractivity (Wildman–Crippen MR) is 197 cm³/mol. The summed E-state index contributed by atoms with van der Waals surface area (Å²) in [6, 6.07) is 25.7. The number of methoxy groups -OCH3 is 1. The number of imidazole rings is 1. The Balaban J connectivity index is 0.000000874. The van der Waals surface area contributed by atoms with Crippen LogP contribution in [0.1, 0.15) is 72.4 Å². The molecule has 0 saturated heterocycles. The SMILES string of the molecule is C=C/C=C\C.COc1ccc(Cn2ccnc2[C@@H]2Nc3ccccc3C[C@@H]2CCNC(=O)[C@H]2CCCC[C@H]2NC(=O)c2ccccc2)cc1. The van der Waals surface area contributed by atoms with Crippen molar-refractivity contribution in [2.24, 2.45) is 11.8 Å². The number of anilines is 1. The largest absolute Gasteiger partial charge is 0.497 e. The van der Waals surface area contributed by atoms with Gasteiger partial charge in [-0.2, -0.15) is 0 Å². The highest BCUT2D eigenvalue weighted by molar-refractivity contribution is 5.94. The maximum absolute atomic E-state index is 13.5. The van der Waals surface area contributed by atoms with Crippen molar-refractivity contribution >= 4 is 17.5 Å². The number of nitrogens with one attached hydrogen (secondary N) is 3. The molecule has 3 N–H and O–H groups in total. The first-order valence-corrected chi connectivity index (χ1v) is 17.4. The summed E-state index contributed by atoms with van der Waals surface area (Å²) in [5.74, 6) is 1.76. The Labute approximate surface area is 290 Å². The van der Waals surface area contributed by atoms with Gasteiger partial charge in [0.25, 0.3) is 5.91 Å². The number of carbonyl (C=O) groups is 2. The fourth-order valence-corrected chi connectivity index (χ4v) is 6.84. The van der Waals surface area contributed by atoms with Crippen LogP contribution < -0.4 is 20.7 Å². The topological polar surface area (TPSA) is 97.3 Å². The third kappa shape index (κ3) is 9.50. The summed E-state index contributed by atoms with van der Waals surface area (Å²) in [4.78, 5) is 31.2. The van der Waals surface area contributed by atoms with Crippen molar-refractivity contribution in [3.63, 3.8) is 0 Å². The number of fused-ring (bicyclic) bond motifs is 1. The van der Waals surface area contributed by atoms with Gasteiger partial charge in [-0.1, -0.05) is 86.2 Å². The molecule has 2 aliphatic rings. The van der Waals surface area contributed by atoms with Gasteiger partial charge in [-0.3, -0.25) is 9.59 Å². The minimum atomic E-state index is -0.221. The fraction of sp³-hybridized carbons (Fsp3) is 0.341. The zero-order valence-electron chi connectivity index (χ0n) is 28.7. The van der Waals surface area contributed by atoms with Crippen LogP contribution in [0.25, 0.3) is 0 Å². The van der Waals surface area contributed by atoms with E-state index in [-0.39, 0.29) is 35.7 Å². The Kier molecular flexibility index (Phi) is 12.8. The molecule has 1 saturated carbocycles. The summed E-state index contributed by atoms with van der Waals surface area (Å²) >= 11 is 0. The Morgan fingerprint density at radius 3 is 2.51 bits per heavy atom. The summed E-state index contributed by atoms with van der Waals surface area (Å²) in [5, 5.41) is 10.2. The van der Waals surface area contributed by atoms with E-state index in [0.29, 0.717) is 18.7 Å². The number of hydrogen-bond donors (Lipinski definition) is 3. The number of benzene rings is 3. The monoisotopic (exact) mass is 659 g/mol. The van der Waals surface area contributed by atoms with Gasteiger partial charge in [-0.05, 0) is 80.0 Å². The average molecular weight is 660 g/mol. The van der Waals surface area contributed by atoms with Crippen LogP contribution in [0.4, 0.5) is 5.69 Å². The molecule has 2 heterocycles. The number of aromatic nitrogens is 2. The zero-order valence-corrected chi connectivity index (χ0v) is 28.7. The molecule has 0 unspecified atom stereocenters. The Bertz CT molecular complexity index is 1680. The lowest BCUT2D eigenvalue weighted by Crippen LogP contribution is -2.48. The normalized spacial score (nSPS) is 19.8. The lowest BCUT2D eigenvalue weighted by atomic mass is 9.83. The smallest absolute Gasteiger partial charge is 0.251 e. The molecule has 3 aromatic carbocycles. The first-order chi connectivity index (χ1) is 24.0. The molecule has 4 atom stereocenters. The summed E-state index contributed by atoms with van der Waals surface area (Å²) in [5.41, 5.74) is 4.21.